The summed E-state index contributed by atoms with van der Waals surface area (Å²) in [5.74, 6) is -0.358. The Morgan fingerprint density at radius 3 is 2.47 bits per heavy atom. The number of carbonyl (C=O) groups excluding carboxylic acids is 1. The predicted octanol–water partition coefficient (Wildman–Crippen LogP) is 2.29. The van der Waals surface area contributed by atoms with E-state index < -0.39 is 10.0 Å². The van der Waals surface area contributed by atoms with Crippen molar-refractivity contribution in [3.63, 3.8) is 0 Å². The van der Waals surface area contributed by atoms with Gasteiger partial charge >= 0.3 is 0 Å². The number of hydrogen-bond donors (Lipinski definition) is 2. The van der Waals surface area contributed by atoms with Gasteiger partial charge in [0.05, 0.1) is 23.6 Å². The summed E-state index contributed by atoms with van der Waals surface area (Å²) < 4.78 is 32.1. The highest BCUT2D eigenvalue weighted by atomic mass is 32.2. The van der Waals surface area contributed by atoms with Crippen molar-refractivity contribution >= 4 is 32.5 Å². The van der Waals surface area contributed by atoms with Gasteiger partial charge in [0.2, 0.25) is 10.0 Å². The zero-order valence-corrected chi connectivity index (χ0v) is 18.2. The molecule has 0 spiro atoms. The maximum absolute atomic E-state index is 12.7. The van der Waals surface area contributed by atoms with Crippen molar-refractivity contribution < 1.29 is 17.9 Å². The van der Waals surface area contributed by atoms with Crippen molar-refractivity contribution in [2.75, 3.05) is 31.6 Å². The lowest BCUT2D eigenvalue weighted by Gasteiger charge is -2.26. The minimum atomic E-state index is -3.61. The predicted molar refractivity (Wildman–Crippen MR) is 121 cm³/mol. The summed E-state index contributed by atoms with van der Waals surface area (Å²) in [6.45, 7) is 1.38. The molecule has 2 heterocycles. The van der Waals surface area contributed by atoms with Gasteiger partial charge in [0.1, 0.15) is 0 Å². The maximum Gasteiger partial charge on any atom is 0.255 e. The number of carbonyl (C=O) groups is 1. The Morgan fingerprint density at radius 1 is 1.00 bits per heavy atom. The normalized spacial score (nSPS) is 16.8. The monoisotopic (exact) mass is 453 g/mol. The van der Waals surface area contributed by atoms with Gasteiger partial charge in [-0.25, -0.2) is 8.42 Å². The van der Waals surface area contributed by atoms with Crippen LogP contribution in [0, 0.1) is 0 Å². The fourth-order valence-electron chi connectivity index (χ4n) is 4.40. The average molecular weight is 454 g/mol. The molecule has 0 unspecified atom stereocenters. The first-order valence-electron chi connectivity index (χ1n) is 10.6. The molecule has 0 atom stereocenters. The number of benzene rings is 2. The van der Waals surface area contributed by atoms with Crippen molar-refractivity contribution in [1.82, 2.24) is 9.29 Å². The van der Waals surface area contributed by atoms with Crippen LogP contribution in [0.4, 0.5) is 5.69 Å². The van der Waals surface area contributed by atoms with Crippen LogP contribution in [0.1, 0.15) is 27.9 Å². The number of aromatic nitrogens is 1. The number of rotatable bonds is 4. The van der Waals surface area contributed by atoms with Crippen LogP contribution in [-0.4, -0.2) is 49.9 Å². The quantitative estimate of drug-likeness (QED) is 0.630. The smallest absolute Gasteiger partial charge is 0.255 e. The van der Waals surface area contributed by atoms with Crippen molar-refractivity contribution in [3.8, 4) is 0 Å². The summed E-state index contributed by atoms with van der Waals surface area (Å²) in [6, 6.07) is 11.4. The van der Waals surface area contributed by atoms with Crippen LogP contribution in [0.3, 0.4) is 0 Å². The molecule has 2 aromatic carbocycles. The number of nitrogens with one attached hydrogen (secondary N) is 2. The molecule has 9 heteroatoms. The van der Waals surface area contributed by atoms with E-state index in [1.54, 1.807) is 6.07 Å². The first kappa shape index (κ1) is 20.9. The van der Waals surface area contributed by atoms with Crippen LogP contribution in [0.25, 0.3) is 10.9 Å². The number of aromatic amines is 1. The lowest BCUT2D eigenvalue weighted by molar-refractivity contribution is 0.0730. The van der Waals surface area contributed by atoms with Crippen LogP contribution in [0.5, 0.6) is 0 Å². The van der Waals surface area contributed by atoms with Gasteiger partial charge in [-0.2, -0.15) is 4.31 Å². The van der Waals surface area contributed by atoms with Gasteiger partial charge in [-0.05, 0) is 61.2 Å². The molecule has 32 heavy (non-hydrogen) atoms. The molecule has 0 bridgehead atoms. The molecule has 1 aliphatic heterocycles. The minimum Gasteiger partial charge on any atom is -0.379 e. The highest BCUT2D eigenvalue weighted by Gasteiger charge is 2.26. The minimum absolute atomic E-state index is 0.0643. The molecule has 2 aliphatic rings. The molecule has 1 aliphatic carbocycles. The number of anilines is 1. The van der Waals surface area contributed by atoms with Crippen LogP contribution < -0.4 is 10.9 Å². The molecule has 3 aromatic rings. The largest absolute Gasteiger partial charge is 0.379 e. The van der Waals surface area contributed by atoms with Gasteiger partial charge in [0.25, 0.3) is 11.5 Å². The topological polar surface area (TPSA) is 109 Å². The second-order valence-electron chi connectivity index (χ2n) is 8.02. The molecule has 8 nitrogen and oxygen atoms in total. The van der Waals surface area contributed by atoms with Crippen molar-refractivity contribution in [3.05, 3.63) is 69.5 Å². The highest BCUT2D eigenvalue weighted by Crippen LogP contribution is 2.28. The third-order valence-corrected chi connectivity index (χ3v) is 7.98. The molecule has 2 N–H and O–H groups in total. The van der Waals surface area contributed by atoms with Gasteiger partial charge in [-0.3, -0.25) is 9.59 Å². The Morgan fingerprint density at radius 2 is 1.72 bits per heavy atom. The van der Waals surface area contributed by atoms with Crippen LogP contribution >= 0.6 is 0 Å². The van der Waals surface area contributed by atoms with Crippen molar-refractivity contribution in [1.29, 1.82) is 0 Å². The molecule has 0 radical (unpaired) electrons. The summed E-state index contributed by atoms with van der Waals surface area (Å²) >= 11 is 0. The summed E-state index contributed by atoms with van der Waals surface area (Å²) in [6.07, 6.45) is 2.67. The number of hydrogen-bond acceptors (Lipinski definition) is 5. The number of morpholine rings is 1. The first-order valence-corrected chi connectivity index (χ1v) is 12.0. The number of sulfonamides is 1. The number of aryl methyl sites for hydroxylation is 1. The Balaban J connectivity index is 1.35. The Bertz CT molecular complexity index is 1360. The summed E-state index contributed by atoms with van der Waals surface area (Å²) in [5, 5.41) is 3.83. The van der Waals surface area contributed by atoms with E-state index in [4.69, 9.17) is 4.74 Å². The number of H-pyrrole nitrogens is 1. The van der Waals surface area contributed by atoms with E-state index in [0.29, 0.717) is 43.1 Å². The van der Waals surface area contributed by atoms with E-state index >= 15 is 0 Å². The molecular formula is C23H23N3O5S. The lowest BCUT2D eigenvalue weighted by Crippen LogP contribution is -2.40. The van der Waals surface area contributed by atoms with Crippen LogP contribution in [0.2, 0.25) is 0 Å². The van der Waals surface area contributed by atoms with Gasteiger partial charge in [0.15, 0.2) is 0 Å². The fourth-order valence-corrected chi connectivity index (χ4v) is 5.80. The van der Waals surface area contributed by atoms with E-state index in [1.807, 2.05) is 12.1 Å². The molecule has 1 aromatic heterocycles. The molecule has 1 amide bonds. The fraction of sp³-hybridized carbons (Fsp3) is 0.304. The molecule has 1 saturated heterocycles. The zero-order chi connectivity index (χ0) is 22.3. The Hall–Kier alpha value is -3.01. The van der Waals surface area contributed by atoms with Gasteiger partial charge in [-0.1, -0.05) is 6.07 Å². The summed E-state index contributed by atoms with van der Waals surface area (Å²) in [4.78, 5) is 28.1. The van der Waals surface area contributed by atoms with E-state index in [1.165, 1.54) is 28.6 Å². The van der Waals surface area contributed by atoms with Crippen LogP contribution in [-0.2, 0) is 27.6 Å². The SMILES string of the molecule is O=C(Nc1ccc2c3c(c(=O)[nH]c2c1)CCC3)c1ccc(S(=O)(=O)N2CCOCC2)cc1. The molecule has 166 valence electrons. The molecular weight excluding hydrogens is 430 g/mol. The summed E-state index contributed by atoms with van der Waals surface area (Å²) in [5.41, 5.74) is 3.49. The second kappa shape index (κ2) is 8.16. The van der Waals surface area contributed by atoms with Crippen molar-refractivity contribution in [2.45, 2.75) is 24.2 Å². The first-order chi connectivity index (χ1) is 15.4. The van der Waals surface area contributed by atoms with Crippen LogP contribution in [0.15, 0.2) is 52.2 Å². The van der Waals surface area contributed by atoms with Crippen molar-refractivity contribution in [2.24, 2.45) is 0 Å². The number of nitrogens with zero attached hydrogens (tertiary/aromatic N) is 1. The second-order valence-corrected chi connectivity index (χ2v) is 9.96. The standard InChI is InChI=1S/C23H23N3O5S/c27-22(15-4-7-17(8-5-15)32(29,30)26-10-12-31-13-11-26)24-16-6-9-19-18-2-1-3-20(18)23(28)25-21(19)14-16/h4-9,14H,1-3,10-13H2,(H,24,27)(H,25,28). The Kier molecular flexibility index (Phi) is 5.32. The lowest BCUT2D eigenvalue weighted by atomic mass is 10.1. The number of ether oxygens (including phenoxy) is 1. The van der Waals surface area contributed by atoms with Gasteiger partial charge in [0, 0.05) is 35.3 Å². The van der Waals surface area contributed by atoms with Gasteiger partial charge < -0.3 is 15.0 Å². The zero-order valence-electron chi connectivity index (χ0n) is 17.4. The summed E-state index contributed by atoms with van der Waals surface area (Å²) in [7, 11) is -3.61. The third-order valence-electron chi connectivity index (χ3n) is 6.07. The van der Waals surface area contributed by atoms with E-state index in [9.17, 15) is 18.0 Å². The highest BCUT2D eigenvalue weighted by molar-refractivity contribution is 7.89. The molecule has 5 rings (SSSR count). The number of pyridine rings is 1. The molecule has 0 saturated carbocycles. The van der Waals surface area contributed by atoms with Gasteiger partial charge in [-0.15, -0.1) is 0 Å². The third kappa shape index (κ3) is 3.72. The number of fused-ring (bicyclic) bond motifs is 3. The van der Waals surface area contributed by atoms with E-state index in [2.05, 4.69) is 10.3 Å². The molecule has 1 fully saturated rings. The van der Waals surface area contributed by atoms with E-state index in [-0.39, 0.29) is 16.4 Å². The number of amides is 1. The maximum atomic E-state index is 12.7. The average Bonchev–Trinajstić information content (AvgIpc) is 3.31. The van der Waals surface area contributed by atoms with E-state index in [0.717, 1.165) is 35.8 Å². The Labute approximate surface area is 185 Å².